The van der Waals surface area contributed by atoms with E-state index >= 15 is 0 Å². The molecular weight excluding hydrogens is 286 g/mol. The predicted molar refractivity (Wildman–Crippen MR) is 78.1 cm³/mol. The van der Waals surface area contributed by atoms with E-state index in [1.165, 1.54) is 31.2 Å². The minimum atomic E-state index is -0.687. The lowest BCUT2D eigenvalue weighted by molar-refractivity contribution is -0.131. The summed E-state index contributed by atoms with van der Waals surface area (Å²) in [5.74, 6) is -0.803. The van der Waals surface area contributed by atoms with Crippen molar-refractivity contribution in [3.05, 3.63) is 59.9 Å². The quantitative estimate of drug-likeness (QED) is 0.229. The third-order valence-corrected chi connectivity index (χ3v) is 2.51. The molecule has 2 rings (SSSR count). The summed E-state index contributed by atoms with van der Waals surface area (Å²) in [6, 6.07) is 11.0. The maximum absolute atomic E-state index is 11.8. The number of nitrogens with two attached hydrogens (primary N) is 1. The van der Waals surface area contributed by atoms with Gasteiger partial charge in [-0.25, -0.2) is 4.79 Å². The summed E-state index contributed by atoms with van der Waals surface area (Å²) in [6.45, 7) is 1.29. The minimum Gasteiger partial charge on any atom is -0.427 e. The van der Waals surface area contributed by atoms with Crippen molar-refractivity contribution in [2.24, 2.45) is 10.9 Å². The summed E-state index contributed by atoms with van der Waals surface area (Å²) in [5, 5.41) is 3.54. The highest BCUT2D eigenvalue weighted by Crippen LogP contribution is 2.13. The smallest absolute Gasteiger partial charge is 0.365 e. The van der Waals surface area contributed by atoms with Crippen LogP contribution in [0.25, 0.3) is 0 Å². The summed E-state index contributed by atoms with van der Waals surface area (Å²) in [5.41, 5.74) is 6.30. The van der Waals surface area contributed by atoms with Crippen LogP contribution in [0.4, 0.5) is 0 Å². The molecule has 0 spiro atoms. The van der Waals surface area contributed by atoms with Crippen LogP contribution in [-0.4, -0.2) is 22.8 Å². The van der Waals surface area contributed by atoms with Gasteiger partial charge in [-0.1, -0.05) is 11.2 Å². The van der Waals surface area contributed by atoms with Crippen molar-refractivity contribution in [3.63, 3.8) is 0 Å². The average Bonchev–Trinajstić information content (AvgIpc) is 2.53. The molecule has 1 aromatic carbocycles. The molecule has 0 aliphatic rings. The molecule has 2 N–H and O–H groups in total. The molecule has 0 aliphatic heterocycles. The van der Waals surface area contributed by atoms with Gasteiger partial charge in [0.05, 0.1) is 5.56 Å². The molecule has 0 amide bonds. The molecule has 112 valence electrons. The highest BCUT2D eigenvalue weighted by atomic mass is 16.7. The molecule has 0 aliphatic carbocycles. The van der Waals surface area contributed by atoms with Gasteiger partial charge in [-0.05, 0) is 36.4 Å². The lowest BCUT2D eigenvalue weighted by Crippen LogP contribution is -2.16. The molecule has 2 aromatic rings. The monoisotopic (exact) mass is 299 g/mol. The van der Waals surface area contributed by atoms with Crippen molar-refractivity contribution in [3.8, 4) is 5.75 Å². The second-order valence-electron chi connectivity index (χ2n) is 4.19. The third-order valence-electron chi connectivity index (χ3n) is 2.51. The SMILES string of the molecule is CC(=O)Oc1ccc(C(=O)O/N=C(\N)c2ccccn2)cc1. The Hall–Kier alpha value is -3.22. The zero-order chi connectivity index (χ0) is 15.9. The molecule has 22 heavy (non-hydrogen) atoms. The number of nitrogens with zero attached hydrogens (tertiary/aromatic N) is 2. The Balaban J connectivity index is 2.01. The van der Waals surface area contributed by atoms with Gasteiger partial charge in [0.25, 0.3) is 0 Å². The first-order valence-electron chi connectivity index (χ1n) is 6.31. The van der Waals surface area contributed by atoms with Crippen LogP contribution in [0, 0.1) is 0 Å². The lowest BCUT2D eigenvalue weighted by Gasteiger charge is -2.03. The number of esters is 1. The summed E-state index contributed by atoms with van der Waals surface area (Å²) >= 11 is 0. The fraction of sp³-hybridized carbons (Fsp3) is 0.0667. The number of aromatic nitrogens is 1. The van der Waals surface area contributed by atoms with Crippen molar-refractivity contribution < 1.29 is 19.2 Å². The molecule has 0 saturated heterocycles. The maximum atomic E-state index is 11.8. The number of benzene rings is 1. The van der Waals surface area contributed by atoms with Crippen LogP contribution in [0.5, 0.6) is 5.75 Å². The normalized spacial score (nSPS) is 10.9. The largest absolute Gasteiger partial charge is 0.427 e. The molecule has 1 heterocycles. The van der Waals surface area contributed by atoms with Crippen molar-refractivity contribution in [2.45, 2.75) is 6.92 Å². The summed E-state index contributed by atoms with van der Waals surface area (Å²) in [4.78, 5) is 31.3. The molecule has 7 nitrogen and oxygen atoms in total. The second kappa shape index (κ2) is 6.98. The standard InChI is InChI=1S/C15H13N3O4/c1-10(19)21-12-7-5-11(6-8-12)15(20)22-18-14(16)13-4-2-3-9-17-13/h2-9H,1H3,(H2,16,18). The molecule has 0 saturated carbocycles. The number of amidine groups is 1. The predicted octanol–water partition coefficient (Wildman–Crippen LogP) is 1.48. The Kier molecular flexibility index (Phi) is 4.81. The number of oxime groups is 1. The first kappa shape index (κ1) is 15.2. The number of carbonyl (C=O) groups excluding carboxylic acids is 2. The Morgan fingerprint density at radius 1 is 1.14 bits per heavy atom. The zero-order valence-electron chi connectivity index (χ0n) is 11.7. The molecule has 0 atom stereocenters. The van der Waals surface area contributed by atoms with Crippen molar-refractivity contribution in [1.29, 1.82) is 0 Å². The van der Waals surface area contributed by atoms with Gasteiger partial charge in [0.15, 0.2) is 5.84 Å². The number of carbonyl (C=O) groups is 2. The van der Waals surface area contributed by atoms with Crippen LogP contribution in [-0.2, 0) is 9.63 Å². The molecular formula is C15H13N3O4. The van der Waals surface area contributed by atoms with Gasteiger partial charge in [0.1, 0.15) is 11.4 Å². The zero-order valence-corrected chi connectivity index (χ0v) is 11.7. The van der Waals surface area contributed by atoms with Gasteiger partial charge < -0.3 is 15.3 Å². The highest BCUT2D eigenvalue weighted by molar-refractivity contribution is 5.96. The van der Waals surface area contributed by atoms with Gasteiger partial charge in [0.2, 0.25) is 0 Å². The van der Waals surface area contributed by atoms with Crippen molar-refractivity contribution >= 4 is 17.8 Å². The number of rotatable bonds is 4. The van der Waals surface area contributed by atoms with E-state index in [0.29, 0.717) is 11.4 Å². The Morgan fingerprint density at radius 3 is 2.45 bits per heavy atom. The van der Waals surface area contributed by atoms with E-state index < -0.39 is 11.9 Å². The van der Waals surface area contributed by atoms with Crippen LogP contribution >= 0.6 is 0 Å². The first-order valence-corrected chi connectivity index (χ1v) is 6.31. The van der Waals surface area contributed by atoms with E-state index in [1.54, 1.807) is 24.4 Å². The van der Waals surface area contributed by atoms with Crippen LogP contribution in [0.15, 0.2) is 53.8 Å². The van der Waals surface area contributed by atoms with E-state index in [4.69, 9.17) is 15.3 Å². The molecule has 0 fully saturated rings. The summed E-state index contributed by atoms with van der Waals surface area (Å²) in [6.07, 6.45) is 1.55. The van der Waals surface area contributed by atoms with Crippen LogP contribution in [0.3, 0.4) is 0 Å². The average molecular weight is 299 g/mol. The second-order valence-corrected chi connectivity index (χ2v) is 4.19. The Morgan fingerprint density at radius 2 is 1.86 bits per heavy atom. The number of hydrogen-bond donors (Lipinski definition) is 1. The Bertz CT molecular complexity index is 696. The van der Waals surface area contributed by atoms with Crippen molar-refractivity contribution in [2.75, 3.05) is 0 Å². The first-order chi connectivity index (χ1) is 10.6. The number of pyridine rings is 1. The number of ether oxygens (including phenoxy) is 1. The van der Waals surface area contributed by atoms with Gasteiger partial charge in [0, 0.05) is 13.1 Å². The van der Waals surface area contributed by atoms with E-state index in [1.807, 2.05) is 0 Å². The molecule has 7 heteroatoms. The maximum Gasteiger partial charge on any atom is 0.365 e. The van der Waals surface area contributed by atoms with Gasteiger partial charge in [-0.2, -0.15) is 0 Å². The van der Waals surface area contributed by atoms with Gasteiger partial charge in [-0.3, -0.25) is 9.78 Å². The topological polar surface area (TPSA) is 104 Å². The fourth-order valence-electron chi connectivity index (χ4n) is 1.53. The molecule has 0 radical (unpaired) electrons. The van der Waals surface area contributed by atoms with E-state index in [0.717, 1.165) is 0 Å². The summed E-state index contributed by atoms with van der Waals surface area (Å²) in [7, 11) is 0. The van der Waals surface area contributed by atoms with Crippen LogP contribution < -0.4 is 10.5 Å². The number of hydrogen-bond acceptors (Lipinski definition) is 6. The molecule has 1 aromatic heterocycles. The lowest BCUT2D eigenvalue weighted by atomic mass is 10.2. The summed E-state index contributed by atoms with van der Waals surface area (Å²) < 4.78 is 4.86. The molecule has 0 bridgehead atoms. The van der Waals surface area contributed by atoms with Gasteiger partial charge >= 0.3 is 11.9 Å². The molecule has 0 unspecified atom stereocenters. The van der Waals surface area contributed by atoms with E-state index in [-0.39, 0.29) is 11.4 Å². The van der Waals surface area contributed by atoms with Crippen LogP contribution in [0.2, 0.25) is 0 Å². The van der Waals surface area contributed by atoms with Crippen molar-refractivity contribution in [1.82, 2.24) is 4.98 Å². The van der Waals surface area contributed by atoms with Gasteiger partial charge in [-0.15, -0.1) is 0 Å². The third kappa shape index (κ3) is 4.14. The Labute approximate surface area is 126 Å². The van der Waals surface area contributed by atoms with E-state index in [2.05, 4.69) is 10.1 Å². The highest BCUT2D eigenvalue weighted by Gasteiger charge is 2.09. The van der Waals surface area contributed by atoms with E-state index in [9.17, 15) is 9.59 Å². The van der Waals surface area contributed by atoms with Crippen LogP contribution in [0.1, 0.15) is 23.0 Å². The minimum absolute atomic E-state index is 0.00881. The fourth-order valence-corrected chi connectivity index (χ4v) is 1.53.